The molecule has 0 saturated carbocycles. The van der Waals surface area contributed by atoms with E-state index in [2.05, 4.69) is 17.0 Å². The van der Waals surface area contributed by atoms with Gasteiger partial charge in [-0.15, -0.1) is 11.3 Å². The Morgan fingerprint density at radius 2 is 2.32 bits per heavy atom. The molecule has 0 amide bonds. The maximum atomic E-state index is 11.4. The van der Waals surface area contributed by atoms with Crippen molar-refractivity contribution in [3.63, 3.8) is 0 Å². The van der Waals surface area contributed by atoms with Crippen LogP contribution in [0.15, 0.2) is 17.5 Å². The number of aliphatic hydroxyl groups excluding tert-OH is 1. The van der Waals surface area contributed by atoms with Gasteiger partial charge in [0.25, 0.3) is 0 Å². The van der Waals surface area contributed by atoms with Crippen molar-refractivity contribution in [1.29, 1.82) is 0 Å². The van der Waals surface area contributed by atoms with Gasteiger partial charge in [-0.3, -0.25) is 4.79 Å². The lowest BCUT2D eigenvalue weighted by Gasteiger charge is -2.22. The lowest BCUT2D eigenvalue weighted by atomic mass is 10.1. The number of rotatable bonds is 9. The Balaban J connectivity index is 2.55. The van der Waals surface area contributed by atoms with Crippen LogP contribution in [0.5, 0.6) is 0 Å². The molecule has 1 aromatic heterocycles. The summed E-state index contributed by atoms with van der Waals surface area (Å²) in [4.78, 5) is 12.3. The van der Waals surface area contributed by atoms with Crippen LogP contribution in [0.2, 0.25) is 0 Å². The van der Waals surface area contributed by atoms with Gasteiger partial charge in [0.15, 0.2) is 0 Å². The molecular weight excluding hydrogens is 262 g/mol. The Morgan fingerprint density at radius 3 is 2.89 bits per heavy atom. The van der Waals surface area contributed by atoms with Crippen LogP contribution in [0.1, 0.15) is 43.6 Å². The molecule has 2 unspecified atom stereocenters. The predicted octanol–water partition coefficient (Wildman–Crippen LogP) is 2.49. The van der Waals surface area contributed by atoms with Gasteiger partial charge in [-0.05, 0) is 24.4 Å². The summed E-state index contributed by atoms with van der Waals surface area (Å²) in [5.41, 5.74) is 0. The van der Waals surface area contributed by atoms with Gasteiger partial charge < -0.3 is 15.2 Å². The number of aliphatic hydroxyl groups is 1. The number of ether oxygens (including phenoxy) is 1. The van der Waals surface area contributed by atoms with E-state index in [1.54, 1.807) is 0 Å². The summed E-state index contributed by atoms with van der Waals surface area (Å²) < 4.78 is 4.69. The summed E-state index contributed by atoms with van der Waals surface area (Å²) in [6.45, 7) is 2.95. The molecule has 0 radical (unpaired) electrons. The van der Waals surface area contributed by atoms with E-state index < -0.39 is 6.10 Å². The molecule has 1 rings (SSSR count). The fraction of sp³-hybridized carbons (Fsp3) is 0.643. The van der Waals surface area contributed by atoms with Crippen molar-refractivity contribution < 1.29 is 14.6 Å². The molecule has 0 aliphatic heterocycles. The summed E-state index contributed by atoms with van der Waals surface area (Å²) in [6, 6.07) is 3.49. The SMILES string of the molecule is CCCCCNC(CC(=O)OC)C(O)c1cccs1. The zero-order valence-corrected chi connectivity index (χ0v) is 12.4. The van der Waals surface area contributed by atoms with Crippen LogP contribution in [0.3, 0.4) is 0 Å². The summed E-state index contributed by atoms with van der Waals surface area (Å²) in [5, 5.41) is 15.5. The molecule has 0 aromatic carbocycles. The average Bonchev–Trinajstić information content (AvgIpc) is 2.95. The summed E-state index contributed by atoms with van der Waals surface area (Å²) >= 11 is 1.50. The van der Waals surface area contributed by atoms with Gasteiger partial charge in [-0.2, -0.15) is 0 Å². The molecule has 2 N–H and O–H groups in total. The van der Waals surface area contributed by atoms with Gasteiger partial charge >= 0.3 is 5.97 Å². The van der Waals surface area contributed by atoms with E-state index in [0.29, 0.717) is 0 Å². The molecule has 0 saturated heterocycles. The Labute approximate surface area is 118 Å². The normalized spacial score (nSPS) is 14.1. The third kappa shape index (κ3) is 5.72. The van der Waals surface area contributed by atoms with E-state index in [1.807, 2.05) is 17.5 Å². The van der Waals surface area contributed by atoms with E-state index in [9.17, 15) is 9.90 Å². The van der Waals surface area contributed by atoms with Crippen LogP contribution in [0.25, 0.3) is 0 Å². The highest BCUT2D eigenvalue weighted by Gasteiger charge is 2.24. The molecule has 0 aliphatic rings. The molecule has 1 aromatic rings. The third-order valence-electron chi connectivity index (χ3n) is 3.02. The minimum absolute atomic E-state index is 0.182. The second-order valence-electron chi connectivity index (χ2n) is 4.51. The van der Waals surface area contributed by atoms with Crippen LogP contribution >= 0.6 is 11.3 Å². The summed E-state index contributed by atoms with van der Waals surface area (Å²) in [6.07, 6.45) is 2.86. The number of carbonyl (C=O) groups excluding carboxylic acids is 1. The molecule has 0 fully saturated rings. The van der Waals surface area contributed by atoms with Crippen LogP contribution in [0.4, 0.5) is 0 Å². The standard InChI is InChI=1S/C14H23NO3S/c1-3-4-5-8-15-11(10-13(16)18-2)14(17)12-7-6-9-19-12/h6-7,9,11,14-15,17H,3-5,8,10H2,1-2H3. The van der Waals surface area contributed by atoms with Crippen molar-refractivity contribution in [1.82, 2.24) is 5.32 Å². The molecule has 0 aliphatic carbocycles. The number of nitrogens with one attached hydrogen (secondary N) is 1. The van der Waals surface area contributed by atoms with Gasteiger partial charge in [0.2, 0.25) is 0 Å². The molecule has 5 heteroatoms. The quantitative estimate of drug-likeness (QED) is 0.540. The van der Waals surface area contributed by atoms with Crippen LogP contribution in [0, 0.1) is 0 Å². The fourth-order valence-corrected chi connectivity index (χ4v) is 2.65. The Morgan fingerprint density at radius 1 is 1.53 bits per heavy atom. The molecule has 4 nitrogen and oxygen atoms in total. The van der Waals surface area contributed by atoms with Crippen molar-refractivity contribution >= 4 is 17.3 Å². The van der Waals surface area contributed by atoms with Gasteiger partial charge in [0, 0.05) is 10.9 Å². The molecular formula is C14H23NO3S. The number of carbonyl (C=O) groups is 1. The maximum Gasteiger partial charge on any atom is 0.307 e. The zero-order chi connectivity index (χ0) is 14.1. The smallest absolute Gasteiger partial charge is 0.307 e. The van der Waals surface area contributed by atoms with Gasteiger partial charge in [-0.1, -0.05) is 25.8 Å². The highest BCUT2D eigenvalue weighted by molar-refractivity contribution is 7.10. The molecule has 108 valence electrons. The van der Waals surface area contributed by atoms with Crippen molar-refractivity contribution in [2.75, 3.05) is 13.7 Å². The van der Waals surface area contributed by atoms with Crippen molar-refractivity contribution in [2.24, 2.45) is 0 Å². The molecule has 2 atom stereocenters. The van der Waals surface area contributed by atoms with Gasteiger partial charge in [0.05, 0.1) is 13.5 Å². The number of methoxy groups -OCH3 is 1. The van der Waals surface area contributed by atoms with Crippen molar-refractivity contribution in [2.45, 2.75) is 44.8 Å². The number of unbranched alkanes of at least 4 members (excludes halogenated alkanes) is 2. The Bertz CT molecular complexity index is 354. The van der Waals surface area contributed by atoms with E-state index in [4.69, 9.17) is 0 Å². The highest BCUT2D eigenvalue weighted by Crippen LogP contribution is 2.23. The average molecular weight is 285 g/mol. The second kappa shape index (κ2) is 9.07. The Hall–Kier alpha value is -0.910. The first kappa shape index (κ1) is 16.1. The first-order valence-corrected chi connectivity index (χ1v) is 7.58. The Kier molecular flexibility index (Phi) is 7.70. The third-order valence-corrected chi connectivity index (χ3v) is 3.96. The van der Waals surface area contributed by atoms with Crippen molar-refractivity contribution in [3.05, 3.63) is 22.4 Å². The fourth-order valence-electron chi connectivity index (χ4n) is 1.88. The first-order valence-electron chi connectivity index (χ1n) is 6.70. The predicted molar refractivity (Wildman–Crippen MR) is 77.2 cm³/mol. The van der Waals surface area contributed by atoms with Gasteiger partial charge in [-0.25, -0.2) is 0 Å². The van der Waals surface area contributed by atoms with Crippen LogP contribution in [-0.4, -0.2) is 30.8 Å². The molecule has 1 heterocycles. The lowest BCUT2D eigenvalue weighted by Crippen LogP contribution is -2.37. The minimum atomic E-state index is -0.666. The number of thiophene rings is 1. The van der Waals surface area contributed by atoms with Crippen molar-refractivity contribution in [3.8, 4) is 0 Å². The van der Waals surface area contributed by atoms with E-state index in [-0.39, 0.29) is 18.4 Å². The summed E-state index contributed by atoms with van der Waals surface area (Å²) in [7, 11) is 1.37. The largest absolute Gasteiger partial charge is 0.469 e. The molecule has 0 bridgehead atoms. The van der Waals surface area contributed by atoms with Crippen LogP contribution in [-0.2, 0) is 9.53 Å². The van der Waals surface area contributed by atoms with Crippen LogP contribution < -0.4 is 5.32 Å². The number of hydrogen-bond donors (Lipinski definition) is 2. The number of hydrogen-bond acceptors (Lipinski definition) is 5. The molecule has 19 heavy (non-hydrogen) atoms. The van der Waals surface area contributed by atoms with E-state index in [1.165, 1.54) is 18.4 Å². The first-order chi connectivity index (χ1) is 9.19. The highest BCUT2D eigenvalue weighted by atomic mass is 32.1. The molecule has 0 spiro atoms. The monoisotopic (exact) mass is 285 g/mol. The minimum Gasteiger partial charge on any atom is -0.469 e. The number of esters is 1. The maximum absolute atomic E-state index is 11.4. The van der Waals surface area contributed by atoms with Gasteiger partial charge in [0.1, 0.15) is 6.10 Å². The van der Waals surface area contributed by atoms with E-state index >= 15 is 0 Å². The zero-order valence-electron chi connectivity index (χ0n) is 11.6. The topological polar surface area (TPSA) is 58.6 Å². The summed E-state index contributed by atoms with van der Waals surface area (Å²) in [5.74, 6) is -0.302. The lowest BCUT2D eigenvalue weighted by molar-refractivity contribution is -0.142. The van der Waals surface area contributed by atoms with E-state index in [0.717, 1.165) is 30.7 Å². The second-order valence-corrected chi connectivity index (χ2v) is 5.49.